The van der Waals surface area contributed by atoms with Crippen LogP contribution in [0.2, 0.25) is 0 Å². The third-order valence-electron chi connectivity index (χ3n) is 3.31. The minimum atomic E-state index is -0.551. The lowest BCUT2D eigenvalue weighted by atomic mass is 10.0. The van der Waals surface area contributed by atoms with Crippen LogP contribution >= 0.6 is 0 Å². The van der Waals surface area contributed by atoms with Gasteiger partial charge in [-0.1, -0.05) is 13.0 Å². The van der Waals surface area contributed by atoms with Crippen LogP contribution in [0.4, 0.5) is 8.78 Å². The van der Waals surface area contributed by atoms with E-state index in [1.807, 2.05) is 19.1 Å². The van der Waals surface area contributed by atoms with Crippen LogP contribution in [0, 0.1) is 18.6 Å². The van der Waals surface area contributed by atoms with Crippen molar-refractivity contribution >= 4 is 0 Å². The third kappa shape index (κ3) is 4.60. The maximum absolute atomic E-state index is 13.4. The standard InChI is InChI=1S/C17H20F2N2/c1-3-6-20-17(10-16-5-4-12(2)11-21-16)13-7-14(18)9-15(19)8-13/h4-5,7-9,11,17,20H,3,6,10H2,1-2H3. The van der Waals surface area contributed by atoms with Crippen LogP contribution in [-0.4, -0.2) is 11.5 Å². The summed E-state index contributed by atoms with van der Waals surface area (Å²) in [5.41, 5.74) is 2.61. The molecule has 0 saturated carbocycles. The van der Waals surface area contributed by atoms with Gasteiger partial charge >= 0.3 is 0 Å². The summed E-state index contributed by atoms with van der Waals surface area (Å²) in [6.07, 6.45) is 3.36. The molecule has 0 aliphatic rings. The first kappa shape index (κ1) is 15.6. The molecule has 2 rings (SSSR count). The van der Waals surface area contributed by atoms with Crippen molar-refractivity contribution in [2.24, 2.45) is 0 Å². The van der Waals surface area contributed by atoms with Gasteiger partial charge in [0, 0.05) is 30.4 Å². The lowest BCUT2D eigenvalue weighted by Gasteiger charge is -2.19. The first-order valence-electron chi connectivity index (χ1n) is 7.19. The van der Waals surface area contributed by atoms with Crippen molar-refractivity contribution in [1.82, 2.24) is 10.3 Å². The van der Waals surface area contributed by atoms with Gasteiger partial charge in [0.05, 0.1) is 0 Å². The van der Waals surface area contributed by atoms with Crippen molar-refractivity contribution in [3.63, 3.8) is 0 Å². The molecule has 1 heterocycles. The van der Waals surface area contributed by atoms with E-state index in [1.165, 1.54) is 12.1 Å². The van der Waals surface area contributed by atoms with E-state index in [0.717, 1.165) is 30.3 Å². The second kappa shape index (κ2) is 7.27. The first-order valence-corrected chi connectivity index (χ1v) is 7.19. The third-order valence-corrected chi connectivity index (χ3v) is 3.31. The lowest BCUT2D eigenvalue weighted by molar-refractivity contribution is 0.511. The molecule has 0 amide bonds. The Kier molecular flexibility index (Phi) is 5.39. The number of hydrogen-bond donors (Lipinski definition) is 1. The molecule has 21 heavy (non-hydrogen) atoms. The number of pyridine rings is 1. The van der Waals surface area contributed by atoms with Gasteiger partial charge < -0.3 is 5.32 Å². The van der Waals surface area contributed by atoms with Crippen LogP contribution in [-0.2, 0) is 6.42 Å². The van der Waals surface area contributed by atoms with E-state index in [2.05, 4.69) is 17.2 Å². The van der Waals surface area contributed by atoms with E-state index in [4.69, 9.17) is 0 Å². The molecule has 1 aromatic heterocycles. The summed E-state index contributed by atoms with van der Waals surface area (Å²) in [7, 11) is 0. The number of nitrogens with zero attached hydrogens (tertiary/aromatic N) is 1. The van der Waals surface area contributed by atoms with Gasteiger partial charge in [-0.15, -0.1) is 0 Å². The number of rotatable bonds is 6. The largest absolute Gasteiger partial charge is 0.310 e. The molecule has 0 aliphatic heterocycles. The van der Waals surface area contributed by atoms with E-state index in [9.17, 15) is 8.78 Å². The van der Waals surface area contributed by atoms with Gasteiger partial charge in [-0.3, -0.25) is 4.98 Å². The average Bonchev–Trinajstić information content (AvgIpc) is 2.44. The number of hydrogen-bond acceptors (Lipinski definition) is 2. The number of benzene rings is 1. The highest BCUT2D eigenvalue weighted by Crippen LogP contribution is 2.20. The van der Waals surface area contributed by atoms with Gasteiger partial charge in [-0.2, -0.15) is 0 Å². The summed E-state index contributed by atoms with van der Waals surface area (Å²) in [5, 5.41) is 3.33. The fourth-order valence-corrected chi connectivity index (χ4v) is 2.23. The summed E-state index contributed by atoms with van der Waals surface area (Å²) in [6, 6.07) is 7.45. The number of aryl methyl sites for hydroxylation is 1. The van der Waals surface area contributed by atoms with Crippen LogP contribution in [0.1, 0.15) is 36.2 Å². The zero-order valence-electron chi connectivity index (χ0n) is 12.4. The molecule has 4 heteroatoms. The lowest BCUT2D eigenvalue weighted by Crippen LogP contribution is -2.24. The van der Waals surface area contributed by atoms with Crippen molar-refractivity contribution in [2.45, 2.75) is 32.7 Å². The average molecular weight is 290 g/mol. The molecule has 0 bridgehead atoms. The van der Waals surface area contributed by atoms with E-state index < -0.39 is 11.6 Å². The fourth-order valence-electron chi connectivity index (χ4n) is 2.23. The molecule has 112 valence electrons. The van der Waals surface area contributed by atoms with Gasteiger partial charge in [0.25, 0.3) is 0 Å². The molecular formula is C17H20F2N2. The Morgan fingerprint density at radius 1 is 1.14 bits per heavy atom. The number of nitrogens with one attached hydrogen (secondary N) is 1. The number of aromatic nitrogens is 1. The van der Waals surface area contributed by atoms with Crippen LogP contribution < -0.4 is 5.32 Å². The van der Waals surface area contributed by atoms with E-state index >= 15 is 0 Å². The van der Waals surface area contributed by atoms with Crippen molar-refractivity contribution in [3.05, 3.63) is 65.0 Å². The fraction of sp³-hybridized carbons (Fsp3) is 0.353. The minimum Gasteiger partial charge on any atom is -0.310 e. The highest BCUT2D eigenvalue weighted by atomic mass is 19.1. The zero-order chi connectivity index (χ0) is 15.2. The molecule has 0 aliphatic carbocycles. The van der Waals surface area contributed by atoms with Gasteiger partial charge in [0.2, 0.25) is 0 Å². The Hall–Kier alpha value is -1.81. The monoisotopic (exact) mass is 290 g/mol. The highest BCUT2D eigenvalue weighted by Gasteiger charge is 2.14. The minimum absolute atomic E-state index is 0.148. The summed E-state index contributed by atoms with van der Waals surface area (Å²) in [6.45, 7) is 4.82. The molecule has 0 fully saturated rings. The topological polar surface area (TPSA) is 24.9 Å². The maximum atomic E-state index is 13.4. The summed E-state index contributed by atoms with van der Waals surface area (Å²) < 4.78 is 26.8. The van der Waals surface area contributed by atoms with E-state index in [0.29, 0.717) is 12.0 Å². The van der Waals surface area contributed by atoms with Gasteiger partial charge in [-0.05, 0) is 49.2 Å². The Balaban J connectivity index is 2.22. The Morgan fingerprint density at radius 3 is 2.43 bits per heavy atom. The summed E-state index contributed by atoms with van der Waals surface area (Å²) in [4.78, 5) is 4.37. The Morgan fingerprint density at radius 2 is 1.86 bits per heavy atom. The molecule has 2 aromatic rings. The molecule has 0 radical (unpaired) electrons. The van der Waals surface area contributed by atoms with E-state index in [-0.39, 0.29) is 6.04 Å². The Bertz CT molecular complexity index is 562. The van der Waals surface area contributed by atoms with Crippen LogP contribution in [0.5, 0.6) is 0 Å². The molecule has 1 unspecified atom stereocenters. The van der Waals surface area contributed by atoms with Crippen molar-refractivity contribution < 1.29 is 8.78 Å². The zero-order valence-corrected chi connectivity index (χ0v) is 12.4. The van der Waals surface area contributed by atoms with Crippen LogP contribution in [0.25, 0.3) is 0 Å². The van der Waals surface area contributed by atoms with Crippen molar-refractivity contribution in [1.29, 1.82) is 0 Å². The van der Waals surface area contributed by atoms with Gasteiger partial charge in [0.15, 0.2) is 0 Å². The van der Waals surface area contributed by atoms with Gasteiger partial charge in [-0.25, -0.2) is 8.78 Å². The summed E-state index contributed by atoms with van der Waals surface area (Å²) in [5.74, 6) is -1.10. The molecule has 0 spiro atoms. The normalized spacial score (nSPS) is 12.4. The summed E-state index contributed by atoms with van der Waals surface area (Å²) >= 11 is 0. The second-order valence-electron chi connectivity index (χ2n) is 5.24. The SMILES string of the molecule is CCCNC(Cc1ccc(C)cn1)c1cc(F)cc(F)c1. The smallest absolute Gasteiger partial charge is 0.126 e. The van der Waals surface area contributed by atoms with Crippen molar-refractivity contribution in [3.8, 4) is 0 Å². The molecular weight excluding hydrogens is 270 g/mol. The van der Waals surface area contributed by atoms with E-state index in [1.54, 1.807) is 6.20 Å². The second-order valence-corrected chi connectivity index (χ2v) is 5.24. The van der Waals surface area contributed by atoms with Crippen LogP contribution in [0.3, 0.4) is 0 Å². The molecule has 2 nitrogen and oxygen atoms in total. The van der Waals surface area contributed by atoms with Crippen molar-refractivity contribution in [2.75, 3.05) is 6.54 Å². The highest BCUT2D eigenvalue weighted by molar-refractivity contribution is 5.24. The van der Waals surface area contributed by atoms with Gasteiger partial charge in [0.1, 0.15) is 11.6 Å². The predicted octanol–water partition coefficient (Wildman–Crippen LogP) is 3.95. The van der Waals surface area contributed by atoms with Crippen LogP contribution in [0.15, 0.2) is 36.5 Å². The maximum Gasteiger partial charge on any atom is 0.126 e. The molecule has 1 atom stereocenters. The molecule has 1 N–H and O–H groups in total. The molecule has 1 aromatic carbocycles. The number of halogens is 2. The quantitative estimate of drug-likeness (QED) is 0.871. The predicted molar refractivity (Wildman–Crippen MR) is 80.1 cm³/mol. The molecule has 0 saturated heterocycles. The Labute approximate surface area is 124 Å². The first-order chi connectivity index (χ1) is 10.1.